The summed E-state index contributed by atoms with van der Waals surface area (Å²) in [5.74, 6) is 0.812. The lowest BCUT2D eigenvalue weighted by atomic mass is 9.96. The van der Waals surface area contributed by atoms with Gasteiger partial charge in [0.25, 0.3) is 0 Å². The highest BCUT2D eigenvalue weighted by Crippen LogP contribution is 2.18. The van der Waals surface area contributed by atoms with E-state index >= 15 is 0 Å². The van der Waals surface area contributed by atoms with E-state index in [0.717, 1.165) is 5.92 Å². The van der Waals surface area contributed by atoms with Gasteiger partial charge in [0.1, 0.15) is 0 Å². The minimum Gasteiger partial charge on any atom is -0.307 e. The van der Waals surface area contributed by atoms with Crippen LogP contribution in [0.2, 0.25) is 0 Å². The van der Waals surface area contributed by atoms with E-state index in [1.807, 2.05) is 0 Å². The second kappa shape index (κ2) is 7.58. The van der Waals surface area contributed by atoms with E-state index in [-0.39, 0.29) is 0 Å². The Morgan fingerprint density at radius 3 is 2.39 bits per heavy atom. The van der Waals surface area contributed by atoms with Crippen LogP contribution in [0.3, 0.4) is 0 Å². The van der Waals surface area contributed by atoms with Crippen LogP contribution >= 0.6 is 0 Å². The summed E-state index contributed by atoms with van der Waals surface area (Å²) < 4.78 is 0. The van der Waals surface area contributed by atoms with Crippen molar-refractivity contribution >= 4 is 0 Å². The molecular weight excluding hydrogens is 218 g/mol. The number of aryl methyl sites for hydroxylation is 1. The summed E-state index contributed by atoms with van der Waals surface area (Å²) in [5.41, 5.74) is 2.74. The van der Waals surface area contributed by atoms with Gasteiger partial charge in [0.15, 0.2) is 0 Å². The van der Waals surface area contributed by atoms with Crippen molar-refractivity contribution in [3.8, 4) is 0 Å². The first-order valence-electron chi connectivity index (χ1n) is 7.39. The SMILES string of the molecule is CCC(C)CC(CC)N[C@@H](C)c1cccc(C)c1. The van der Waals surface area contributed by atoms with Crippen molar-refractivity contribution in [1.29, 1.82) is 0 Å². The molecule has 1 nitrogen and oxygen atoms in total. The minimum absolute atomic E-state index is 0.443. The Morgan fingerprint density at radius 2 is 1.83 bits per heavy atom. The molecule has 2 unspecified atom stereocenters. The van der Waals surface area contributed by atoms with Crippen molar-refractivity contribution in [1.82, 2.24) is 5.32 Å². The van der Waals surface area contributed by atoms with Gasteiger partial charge < -0.3 is 5.32 Å². The maximum absolute atomic E-state index is 3.78. The maximum atomic E-state index is 3.78. The Hall–Kier alpha value is -0.820. The molecular formula is C17H29N. The molecule has 0 aliphatic heterocycles. The van der Waals surface area contributed by atoms with E-state index in [1.54, 1.807) is 0 Å². The monoisotopic (exact) mass is 247 g/mol. The van der Waals surface area contributed by atoms with E-state index in [9.17, 15) is 0 Å². The molecule has 0 radical (unpaired) electrons. The summed E-state index contributed by atoms with van der Waals surface area (Å²) in [6.45, 7) is 11.3. The van der Waals surface area contributed by atoms with Gasteiger partial charge in [-0.05, 0) is 38.2 Å². The predicted octanol–water partition coefficient (Wildman–Crippen LogP) is 4.86. The Labute approximate surface area is 113 Å². The molecule has 0 saturated heterocycles. The van der Waals surface area contributed by atoms with Crippen LogP contribution in [0.5, 0.6) is 0 Å². The molecule has 0 spiro atoms. The topological polar surface area (TPSA) is 12.0 Å². The summed E-state index contributed by atoms with van der Waals surface area (Å²) in [7, 11) is 0. The first-order valence-corrected chi connectivity index (χ1v) is 7.39. The fourth-order valence-corrected chi connectivity index (χ4v) is 2.39. The summed E-state index contributed by atoms with van der Waals surface area (Å²) in [6, 6.07) is 9.90. The van der Waals surface area contributed by atoms with E-state index in [2.05, 4.69) is 64.2 Å². The first-order chi connectivity index (χ1) is 8.56. The van der Waals surface area contributed by atoms with Crippen molar-refractivity contribution in [3.63, 3.8) is 0 Å². The molecule has 0 bridgehead atoms. The number of hydrogen-bond acceptors (Lipinski definition) is 1. The highest BCUT2D eigenvalue weighted by Gasteiger charge is 2.14. The molecule has 0 aromatic heterocycles. The molecule has 0 fully saturated rings. The lowest BCUT2D eigenvalue weighted by molar-refractivity contribution is 0.359. The number of hydrogen-bond donors (Lipinski definition) is 1. The average Bonchev–Trinajstić information content (AvgIpc) is 2.37. The largest absolute Gasteiger partial charge is 0.307 e. The molecule has 1 rings (SSSR count). The quantitative estimate of drug-likeness (QED) is 0.725. The molecule has 0 saturated carbocycles. The average molecular weight is 247 g/mol. The van der Waals surface area contributed by atoms with E-state index < -0.39 is 0 Å². The molecule has 3 atom stereocenters. The minimum atomic E-state index is 0.443. The van der Waals surface area contributed by atoms with Crippen molar-refractivity contribution < 1.29 is 0 Å². The second-order valence-electron chi connectivity index (χ2n) is 5.66. The number of rotatable bonds is 7. The highest BCUT2D eigenvalue weighted by atomic mass is 14.9. The Balaban J connectivity index is 2.59. The zero-order chi connectivity index (χ0) is 13.5. The van der Waals surface area contributed by atoms with Gasteiger partial charge in [-0.2, -0.15) is 0 Å². The van der Waals surface area contributed by atoms with Gasteiger partial charge in [-0.25, -0.2) is 0 Å². The number of nitrogens with one attached hydrogen (secondary N) is 1. The van der Waals surface area contributed by atoms with Crippen LogP contribution in [0.25, 0.3) is 0 Å². The molecule has 0 amide bonds. The second-order valence-corrected chi connectivity index (χ2v) is 5.66. The summed E-state index contributed by atoms with van der Waals surface area (Å²) >= 11 is 0. The fraction of sp³-hybridized carbons (Fsp3) is 0.647. The molecule has 0 heterocycles. The molecule has 1 aromatic carbocycles. The normalized spacial score (nSPS) is 16.3. The van der Waals surface area contributed by atoms with Crippen LogP contribution in [-0.4, -0.2) is 6.04 Å². The molecule has 0 aliphatic rings. The van der Waals surface area contributed by atoms with Gasteiger partial charge in [-0.3, -0.25) is 0 Å². The molecule has 0 aliphatic carbocycles. The maximum Gasteiger partial charge on any atom is 0.0294 e. The van der Waals surface area contributed by atoms with Crippen LogP contribution in [0.4, 0.5) is 0 Å². The fourth-order valence-electron chi connectivity index (χ4n) is 2.39. The molecule has 1 heteroatoms. The Morgan fingerprint density at radius 1 is 1.11 bits per heavy atom. The van der Waals surface area contributed by atoms with Crippen LogP contribution in [-0.2, 0) is 0 Å². The third kappa shape index (κ3) is 4.81. The van der Waals surface area contributed by atoms with Gasteiger partial charge in [-0.15, -0.1) is 0 Å². The zero-order valence-electron chi connectivity index (χ0n) is 12.7. The van der Waals surface area contributed by atoms with Crippen LogP contribution in [0, 0.1) is 12.8 Å². The predicted molar refractivity (Wildman–Crippen MR) is 80.9 cm³/mol. The lowest BCUT2D eigenvalue weighted by Crippen LogP contribution is -2.32. The summed E-state index contributed by atoms with van der Waals surface area (Å²) in [4.78, 5) is 0. The zero-order valence-corrected chi connectivity index (χ0v) is 12.7. The molecule has 18 heavy (non-hydrogen) atoms. The third-order valence-electron chi connectivity index (χ3n) is 3.90. The highest BCUT2D eigenvalue weighted by molar-refractivity contribution is 5.24. The standard InChI is InChI=1S/C17H29N/c1-6-13(3)12-17(7-2)18-15(5)16-10-8-9-14(4)11-16/h8-11,13,15,17-18H,6-7,12H2,1-5H3/t13?,15-,17?/m0/s1. The number of benzene rings is 1. The van der Waals surface area contributed by atoms with Gasteiger partial charge in [0.05, 0.1) is 0 Å². The van der Waals surface area contributed by atoms with Crippen molar-refractivity contribution in [2.75, 3.05) is 0 Å². The van der Waals surface area contributed by atoms with Gasteiger partial charge >= 0.3 is 0 Å². The van der Waals surface area contributed by atoms with Crippen LogP contribution in [0.15, 0.2) is 24.3 Å². The van der Waals surface area contributed by atoms with Crippen LogP contribution in [0.1, 0.15) is 64.1 Å². The molecule has 1 N–H and O–H groups in total. The summed E-state index contributed by atoms with van der Waals surface area (Å²) in [5, 5.41) is 3.78. The molecule has 1 aromatic rings. The lowest BCUT2D eigenvalue weighted by Gasteiger charge is -2.25. The molecule has 102 valence electrons. The van der Waals surface area contributed by atoms with E-state index in [0.29, 0.717) is 12.1 Å². The Kier molecular flexibility index (Phi) is 6.42. The van der Waals surface area contributed by atoms with E-state index in [4.69, 9.17) is 0 Å². The third-order valence-corrected chi connectivity index (χ3v) is 3.90. The smallest absolute Gasteiger partial charge is 0.0294 e. The van der Waals surface area contributed by atoms with Crippen molar-refractivity contribution in [2.24, 2.45) is 5.92 Å². The van der Waals surface area contributed by atoms with Gasteiger partial charge in [-0.1, -0.05) is 57.0 Å². The van der Waals surface area contributed by atoms with Crippen molar-refractivity contribution in [3.05, 3.63) is 35.4 Å². The van der Waals surface area contributed by atoms with E-state index in [1.165, 1.54) is 30.4 Å². The van der Waals surface area contributed by atoms with Gasteiger partial charge in [0.2, 0.25) is 0 Å². The van der Waals surface area contributed by atoms with Crippen molar-refractivity contribution in [2.45, 2.75) is 66.0 Å². The Bertz CT molecular complexity index is 345. The van der Waals surface area contributed by atoms with Gasteiger partial charge in [0, 0.05) is 12.1 Å². The summed E-state index contributed by atoms with van der Waals surface area (Å²) in [6.07, 6.45) is 3.76. The first kappa shape index (κ1) is 15.2. The van der Waals surface area contributed by atoms with Crippen LogP contribution < -0.4 is 5.32 Å².